The third kappa shape index (κ3) is 3.80. The average molecular weight is 433 g/mol. The Balaban J connectivity index is 2.21. The first-order valence-corrected chi connectivity index (χ1v) is 10.4. The van der Waals surface area contributed by atoms with Crippen molar-refractivity contribution in [2.45, 2.75) is 33.2 Å². The second kappa shape index (κ2) is 8.39. The number of carbonyl (C=O) groups excluding carboxylic acids is 1. The molecule has 1 amide bonds. The largest absolute Gasteiger partial charge is 0.480 e. The third-order valence-electron chi connectivity index (χ3n) is 5.01. The SMILES string of the molecule is CCn1c(N2CCCC2)c(/C=C2/SC(=S)N(CC(=O)O)C2=O)c(C)c(C#N)c1=O. The number of carboxylic acid groups (broad SMARTS) is 1. The lowest BCUT2D eigenvalue weighted by molar-refractivity contribution is -0.140. The molecular formula is C19H20N4O4S2. The van der Waals surface area contributed by atoms with Crippen molar-refractivity contribution in [2.75, 3.05) is 24.5 Å². The van der Waals surface area contributed by atoms with Crippen LogP contribution in [0.2, 0.25) is 0 Å². The molecule has 1 N–H and O–H groups in total. The Hall–Kier alpha value is -2.64. The van der Waals surface area contributed by atoms with Gasteiger partial charge in [0.05, 0.1) is 4.91 Å². The zero-order valence-electron chi connectivity index (χ0n) is 16.1. The van der Waals surface area contributed by atoms with Gasteiger partial charge in [0, 0.05) is 25.2 Å². The predicted octanol–water partition coefficient (Wildman–Crippen LogP) is 1.93. The van der Waals surface area contributed by atoms with Gasteiger partial charge in [0.2, 0.25) is 0 Å². The summed E-state index contributed by atoms with van der Waals surface area (Å²) >= 11 is 6.19. The first-order chi connectivity index (χ1) is 13.8. The third-order valence-corrected chi connectivity index (χ3v) is 6.39. The van der Waals surface area contributed by atoms with Gasteiger partial charge in [-0.15, -0.1) is 0 Å². The van der Waals surface area contributed by atoms with Gasteiger partial charge >= 0.3 is 5.97 Å². The molecule has 3 heterocycles. The van der Waals surface area contributed by atoms with Gasteiger partial charge in [-0.3, -0.25) is 23.9 Å². The standard InChI is InChI=1S/C19H20N4O4S2/c1-3-22-16(21-6-4-5-7-21)12(11(2)13(9-20)17(22)26)8-14-18(27)23(10-15(24)25)19(28)29-14/h8H,3-7,10H2,1-2H3,(H,24,25)/b14-8+. The molecule has 3 rings (SSSR count). The molecule has 2 fully saturated rings. The van der Waals surface area contributed by atoms with Crippen LogP contribution in [0, 0.1) is 18.3 Å². The fourth-order valence-electron chi connectivity index (χ4n) is 3.61. The van der Waals surface area contributed by atoms with E-state index >= 15 is 0 Å². The van der Waals surface area contributed by atoms with Crippen molar-refractivity contribution in [1.82, 2.24) is 9.47 Å². The maximum absolute atomic E-state index is 12.8. The lowest BCUT2D eigenvalue weighted by atomic mass is 10.0. The van der Waals surface area contributed by atoms with E-state index in [1.807, 2.05) is 13.0 Å². The minimum atomic E-state index is -1.15. The van der Waals surface area contributed by atoms with E-state index in [4.69, 9.17) is 17.3 Å². The van der Waals surface area contributed by atoms with Crippen LogP contribution in [0.3, 0.4) is 0 Å². The monoisotopic (exact) mass is 432 g/mol. The Kier molecular flexibility index (Phi) is 6.10. The molecular weight excluding hydrogens is 412 g/mol. The van der Waals surface area contributed by atoms with Gasteiger partial charge in [-0.2, -0.15) is 5.26 Å². The molecule has 2 saturated heterocycles. The number of hydrogen-bond acceptors (Lipinski definition) is 7. The minimum absolute atomic E-state index is 0.0436. The Labute approximate surface area is 177 Å². The van der Waals surface area contributed by atoms with Crippen molar-refractivity contribution >= 4 is 52.1 Å². The number of thiocarbonyl (C=S) groups is 1. The van der Waals surface area contributed by atoms with Crippen molar-refractivity contribution in [2.24, 2.45) is 0 Å². The molecule has 29 heavy (non-hydrogen) atoms. The van der Waals surface area contributed by atoms with E-state index in [-0.39, 0.29) is 20.3 Å². The summed E-state index contributed by atoms with van der Waals surface area (Å²) in [6.07, 6.45) is 3.63. The van der Waals surface area contributed by atoms with Gasteiger partial charge in [-0.1, -0.05) is 24.0 Å². The van der Waals surface area contributed by atoms with E-state index in [0.717, 1.165) is 42.6 Å². The molecule has 0 aromatic carbocycles. The van der Waals surface area contributed by atoms with Crippen LogP contribution in [0.15, 0.2) is 9.70 Å². The van der Waals surface area contributed by atoms with Crippen molar-refractivity contribution in [3.8, 4) is 6.07 Å². The predicted molar refractivity (Wildman–Crippen MR) is 115 cm³/mol. The Bertz CT molecular complexity index is 1030. The van der Waals surface area contributed by atoms with Gasteiger partial charge in [-0.05, 0) is 38.3 Å². The molecule has 10 heteroatoms. The number of rotatable bonds is 5. The van der Waals surface area contributed by atoms with Crippen LogP contribution in [-0.2, 0) is 16.1 Å². The quantitative estimate of drug-likeness (QED) is 0.556. The molecule has 0 spiro atoms. The van der Waals surface area contributed by atoms with Crippen molar-refractivity contribution < 1.29 is 14.7 Å². The summed E-state index contributed by atoms with van der Waals surface area (Å²) in [5.74, 6) is -0.945. The van der Waals surface area contributed by atoms with Crippen LogP contribution < -0.4 is 10.5 Å². The maximum Gasteiger partial charge on any atom is 0.323 e. The van der Waals surface area contributed by atoms with Crippen molar-refractivity contribution in [1.29, 1.82) is 5.26 Å². The molecule has 0 atom stereocenters. The summed E-state index contributed by atoms with van der Waals surface area (Å²) in [6, 6.07) is 1.99. The van der Waals surface area contributed by atoms with Crippen LogP contribution in [-0.4, -0.2) is 50.4 Å². The zero-order chi connectivity index (χ0) is 21.3. The normalized spacial score (nSPS) is 18.0. The van der Waals surface area contributed by atoms with Crippen LogP contribution in [0.25, 0.3) is 6.08 Å². The molecule has 0 unspecified atom stereocenters. The summed E-state index contributed by atoms with van der Waals surface area (Å²) in [5.41, 5.74) is 0.834. The Morgan fingerprint density at radius 2 is 2.00 bits per heavy atom. The van der Waals surface area contributed by atoms with Crippen molar-refractivity contribution in [3.05, 3.63) is 31.9 Å². The number of thioether (sulfide) groups is 1. The maximum atomic E-state index is 12.8. The molecule has 1 aromatic rings. The molecule has 152 valence electrons. The number of nitrogens with zero attached hydrogens (tertiary/aromatic N) is 4. The number of anilines is 1. The smallest absolute Gasteiger partial charge is 0.323 e. The zero-order valence-corrected chi connectivity index (χ0v) is 17.7. The highest BCUT2D eigenvalue weighted by Crippen LogP contribution is 2.36. The number of aromatic nitrogens is 1. The number of amides is 1. The fourth-order valence-corrected chi connectivity index (χ4v) is 4.85. The first kappa shape index (κ1) is 21.1. The molecule has 2 aliphatic rings. The van der Waals surface area contributed by atoms with Crippen LogP contribution in [0.4, 0.5) is 5.82 Å². The van der Waals surface area contributed by atoms with E-state index < -0.39 is 18.4 Å². The number of carboxylic acids is 1. The van der Waals surface area contributed by atoms with Gasteiger partial charge < -0.3 is 10.0 Å². The highest BCUT2D eigenvalue weighted by molar-refractivity contribution is 8.26. The highest BCUT2D eigenvalue weighted by atomic mass is 32.2. The minimum Gasteiger partial charge on any atom is -0.480 e. The molecule has 0 bridgehead atoms. The summed E-state index contributed by atoms with van der Waals surface area (Å²) in [5, 5.41) is 18.6. The molecule has 8 nitrogen and oxygen atoms in total. The molecule has 2 aliphatic heterocycles. The molecule has 0 saturated carbocycles. The van der Waals surface area contributed by atoms with E-state index in [1.54, 1.807) is 17.6 Å². The number of hydrogen-bond donors (Lipinski definition) is 1. The van der Waals surface area contributed by atoms with Crippen LogP contribution in [0.1, 0.15) is 36.5 Å². The van der Waals surface area contributed by atoms with Gasteiger partial charge in [-0.25, -0.2) is 0 Å². The van der Waals surface area contributed by atoms with E-state index in [0.29, 0.717) is 23.5 Å². The van der Waals surface area contributed by atoms with Crippen LogP contribution in [0.5, 0.6) is 0 Å². The molecule has 1 aromatic heterocycles. The number of aliphatic carboxylic acids is 1. The molecule has 0 radical (unpaired) electrons. The summed E-state index contributed by atoms with van der Waals surface area (Å²) in [6.45, 7) is 4.99. The number of carbonyl (C=O) groups is 2. The van der Waals surface area contributed by atoms with E-state index in [9.17, 15) is 19.6 Å². The topological polar surface area (TPSA) is 107 Å². The Morgan fingerprint density at radius 3 is 2.55 bits per heavy atom. The molecule has 0 aliphatic carbocycles. The van der Waals surface area contributed by atoms with Crippen molar-refractivity contribution in [3.63, 3.8) is 0 Å². The van der Waals surface area contributed by atoms with Crippen LogP contribution >= 0.6 is 24.0 Å². The second-order valence-electron chi connectivity index (χ2n) is 6.75. The highest BCUT2D eigenvalue weighted by Gasteiger charge is 2.34. The summed E-state index contributed by atoms with van der Waals surface area (Å²) in [4.78, 5) is 40.0. The summed E-state index contributed by atoms with van der Waals surface area (Å²) in [7, 11) is 0. The first-order valence-electron chi connectivity index (χ1n) is 9.19. The van der Waals surface area contributed by atoms with E-state index in [2.05, 4.69) is 4.90 Å². The fraction of sp³-hybridized carbons (Fsp3) is 0.421. The number of nitriles is 1. The summed E-state index contributed by atoms with van der Waals surface area (Å²) < 4.78 is 1.74. The van der Waals surface area contributed by atoms with Gasteiger partial charge in [0.15, 0.2) is 0 Å². The Morgan fingerprint density at radius 1 is 1.34 bits per heavy atom. The number of pyridine rings is 1. The average Bonchev–Trinajstić information content (AvgIpc) is 3.28. The van der Waals surface area contributed by atoms with E-state index in [1.165, 1.54) is 0 Å². The lowest BCUT2D eigenvalue weighted by Crippen LogP contribution is -2.33. The van der Waals surface area contributed by atoms with Gasteiger partial charge in [0.25, 0.3) is 11.5 Å². The van der Waals surface area contributed by atoms with Gasteiger partial charge in [0.1, 0.15) is 28.3 Å². The second-order valence-corrected chi connectivity index (χ2v) is 8.43. The lowest BCUT2D eigenvalue weighted by Gasteiger charge is -2.26.